The van der Waals surface area contributed by atoms with Gasteiger partial charge in [0.2, 0.25) is 0 Å². The number of carbonyl (C=O) groups is 1. The van der Waals surface area contributed by atoms with Crippen molar-refractivity contribution in [2.45, 2.75) is 57.7 Å². The number of amides is 2. The predicted octanol–water partition coefficient (Wildman–Crippen LogP) is 3.32. The van der Waals surface area contributed by atoms with Gasteiger partial charge < -0.3 is 15.4 Å². The average Bonchev–Trinajstić information content (AvgIpc) is 3.01. The molecular formula is C19H25FN2O2. The highest BCUT2D eigenvalue weighted by Crippen LogP contribution is 2.49. The number of fused-ring (bicyclic) bond motifs is 1. The topological polar surface area (TPSA) is 50.4 Å². The summed E-state index contributed by atoms with van der Waals surface area (Å²) in [4.78, 5) is 12.4. The highest BCUT2D eigenvalue weighted by molar-refractivity contribution is 5.75. The van der Waals surface area contributed by atoms with Crippen molar-refractivity contribution in [1.29, 1.82) is 0 Å². The van der Waals surface area contributed by atoms with Crippen LogP contribution in [-0.4, -0.2) is 24.8 Å². The summed E-state index contributed by atoms with van der Waals surface area (Å²) in [6.45, 7) is 5.03. The summed E-state index contributed by atoms with van der Waals surface area (Å²) in [5, 5.41) is 6.13. The first-order valence-electron chi connectivity index (χ1n) is 8.91. The molecule has 1 spiro atoms. The maximum Gasteiger partial charge on any atom is 0.315 e. The van der Waals surface area contributed by atoms with Gasteiger partial charge in [-0.2, -0.15) is 0 Å². The summed E-state index contributed by atoms with van der Waals surface area (Å²) in [5.41, 5.74) is 2.34. The average molecular weight is 332 g/mol. The number of urea groups is 1. The smallest absolute Gasteiger partial charge is 0.315 e. The van der Waals surface area contributed by atoms with Crippen LogP contribution < -0.4 is 10.6 Å². The number of nitrogens with one attached hydrogen (secondary N) is 2. The lowest BCUT2D eigenvalue weighted by Crippen LogP contribution is -2.54. The molecule has 4 rings (SSSR count). The fraction of sp³-hybridized carbons (Fsp3) is 0.632. The van der Waals surface area contributed by atoms with E-state index in [0.717, 1.165) is 43.4 Å². The maximum atomic E-state index is 13.5. The van der Waals surface area contributed by atoms with Crippen molar-refractivity contribution < 1.29 is 13.9 Å². The number of carbonyl (C=O) groups excluding carboxylic acids is 1. The molecule has 2 amide bonds. The first-order valence-corrected chi connectivity index (χ1v) is 8.91. The Kier molecular flexibility index (Phi) is 3.79. The Labute approximate surface area is 142 Å². The Balaban J connectivity index is 1.34. The van der Waals surface area contributed by atoms with Crippen LogP contribution in [0.4, 0.5) is 9.18 Å². The van der Waals surface area contributed by atoms with Crippen LogP contribution in [-0.2, 0) is 11.2 Å². The molecule has 1 aliphatic heterocycles. The zero-order valence-corrected chi connectivity index (χ0v) is 14.3. The van der Waals surface area contributed by atoms with E-state index in [9.17, 15) is 9.18 Å². The van der Waals surface area contributed by atoms with Gasteiger partial charge in [0.05, 0.1) is 18.8 Å². The van der Waals surface area contributed by atoms with Crippen LogP contribution in [0, 0.1) is 17.2 Å². The number of hydrogen-bond donors (Lipinski definition) is 2. The number of halogens is 1. The fourth-order valence-electron chi connectivity index (χ4n) is 4.82. The zero-order chi connectivity index (χ0) is 16.9. The van der Waals surface area contributed by atoms with Gasteiger partial charge in [-0.1, -0.05) is 13.0 Å². The number of rotatable bonds is 2. The molecule has 2 N–H and O–H groups in total. The van der Waals surface area contributed by atoms with Gasteiger partial charge in [0.15, 0.2) is 0 Å². The summed E-state index contributed by atoms with van der Waals surface area (Å²) in [5.74, 6) is 0.0377. The molecule has 4 nitrogen and oxygen atoms in total. The second-order valence-corrected chi connectivity index (χ2v) is 8.05. The lowest BCUT2D eigenvalue weighted by molar-refractivity contribution is 0.0535. The molecule has 1 aromatic rings. The molecule has 3 unspecified atom stereocenters. The molecule has 1 heterocycles. The lowest BCUT2D eigenvalue weighted by Gasteiger charge is -2.44. The second-order valence-electron chi connectivity index (χ2n) is 8.05. The minimum absolute atomic E-state index is 0.112. The van der Waals surface area contributed by atoms with Crippen LogP contribution in [0.5, 0.6) is 0 Å². The molecule has 130 valence electrons. The molecule has 3 atom stereocenters. The van der Waals surface area contributed by atoms with Gasteiger partial charge in [0, 0.05) is 11.5 Å². The molecule has 5 heteroatoms. The molecule has 0 radical (unpaired) electrons. The van der Waals surface area contributed by atoms with Crippen molar-refractivity contribution in [1.82, 2.24) is 10.6 Å². The molecule has 24 heavy (non-hydrogen) atoms. The Morgan fingerprint density at radius 1 is 1.25 bits per heavy atom. The molecule has 2 fully saturated rings. The van der Waals surface area contributed by atoms with Gasteiger partial charge in [-0.3, -0.25) is 0 Å². The molecule has 1 saturated heterocycles. The first-order chi connectivity index (χ1) is 11.4. The van der Waals surface area contributed by atoms with E-state index in [4.69, 9.17) is 4.74 Å². The van der Waals surface area contributed by atoms with Gasteiger partial charge >= 0.3 is 6.03 Å². The van der Waals surface area contributed by atoms with E-state index >= 15 is 0 Å². The van der Waals surface area contributed by atoms with Crippen molar-refractivity contribution in [3.63, 3.8) is 0 Å². The minimum atomic E-state index is -0.244. The van der Waals surface area contributed by atoms with Crippen molar-refractivity contribution in [3.05, 3.63) is 35.1 Å². The molecule has 2 aliphatic carbocycles. The third-order valence-corrected chi connectivity index (χ3v) is 5.93. The Bertz CT molecular complexity index is 657. The fourth-order valence-corrected chi connectivity index (χ4v) is 4.82. The van der Waals surface area contributed by atoms with Crippen molar-refractivity contribution in [2.75, 3.05) is 6.61 Å². The standard InChI is InChI=1S/C19H25FN2O2/c1-11-5-13-3-4-14(20)6-16(13)17(11)22-18(23)21-15-8-19(9-15)7-12(2)24-10-19/h3-4,6,11-12,15,17H,5,7-10H2,1-2H3,(H2,21,22,23). The lowest BCUT2D eigenvalue weighted by atomic mass is 9.64. The number of ether oxygens (including phenoxy) is 1. The van der Waals surface area contributed by atoms with E-state index in [-0.39, 0.29) is 35.3 Å². The minimum Gasteiger partial charge on any atom is -0.378 e. The quantitative estimate of drug-likeness (QED) is 0.873. The summed E-state index contributed by atoms with van der Waals surface area (Å²) in [6, 6.07) is 4.85. The summed E-state index contributed by atoms with van der Waals surface area (Å²) in [6.07, 6.45) is 4.30. The van der Waals surface area contributed by atoms with Crippen molar-refractivity contribution >= 4 is 6.03 Å². The Morgan fingerprint density at radius 2 is 2.04 bits per heavy atom. The number of benzene rings is 1. The van der Waals surface area contributed by atoms with Crippen LogP contribution in [0.2, 0.25) is 0 Å². The molecule has 1 aromatic carbocycles. The predicted molar refractivity (Wildman–Crippen MR) is 89.2 cm³/mol. The third-order valence-electron chi connectivity index (χ3n) is 5.93. The van der Waals surface area contributed by atoms with E-state index < -0.39 is 0 Å². The van der Waals surface area contributed by atoms with Crippen molar-refractivity contribution in [3.8, 4) is 0 Å². The summed E-state index contributed by atoms with van der Waals surface area (Å²) in [7, 11) is 0. The van der Waals surface area contributed by atoms with Crippen LogP contribution in [0.1, 0.15) is 50.3 Å². The van der Waals surface area contributed by atoms with E-state index in [2.05, 4.69) is 24.5 Å². The van der Waals surface area contributed by atoms with Gasteiger partial charge in [-0.15, -0.1) is 0 Å². The number of hydrogen-bond acceptors (Lipinski definition) is 2. The summed E-state index contributed by atoms with van der Waals surface area (Å²) >= 11 is 0. The van der Waals surface area contributed by atoms with Crippen LogP contribution >= 0.6 is 0 Å². The molecule has 0 aromatic heterocycles. The molecular weight excluding hydrogens is 307 g/mol. The molecule has 0 bridgehead atoms. The van der Waals surface area contributed by atoms with Gasteiger partial charge in [0.1, 0.15) is 5.82 Å². The van der Waals surface area contributed by atoms with E-state index in [1.165, 1.54) is 6.07 Å². The van der Waals surface area contributed by atoms with Gasteiger partial charge in [-0.25, -0.2) is 9.18 Å². The van der Waals surface area contributed by atoms with Gasteiger partial charge in [-0.05, 0) is 61.8 Å². The highest BCUT2D eigenvalue weighted by Gasteiger charge is 2.49. The van der Waals surface area contributed by atoms with Crippen molar-refractivity contribution in [2.24, 2.45) is 11.3 Å². The Morgan fingerprint density at radius 3 is 2.75 bits per heavy atom. The van der Waals surface area contributed by atoms with E-state index in [0.29, 0.717) is 6.10 Å². The van der Waals surface area contributed by atoms with Crippen LogP contribution in [0.3, 0.4) is 0 Å². The maximum absolute atomic E-state index is 13.5. The van der Waals surface area contributed by atoms with E-state index in [1.807, 2.05) is 6.07 Å². The normalized spacial score (nSPS) is 37.1. The molecule has 1 saturated carbocycles. The van der Waals surface area contributed by atoms with E-state index in [1.54, 1.807) is 6.07 Å². The third kappa shape index (κ3) is 2.79. The summed E-state index contributed by atoms with van der Waals surface area (Å²) < 4.78 is 19.2. The largest absolute Gasteiger partial charge is 0.378 e. The van der Waals surface area contributed by atoms with Crippen LogP contribution in [0.25, 0.3) is 0 Å². The SMILES string of the molecule is CC1CC2(CO1)CC(NC(=O)NC1c3cc(F)ccc3CC1C)C2. The highest BCUT2D eigenvalue weighted by atomic mass is 19.1. The van der Waals surface area contributed by atoms with Crippen LogP contribution in [0.15, 0.2) is 18.2 Å². The first kappa shape index (κ1) is 15.9. The monoisotopic (exact) mass is 332 g/mol. The molecule has 3 aliphatic rings. The Hall–Kier alpha value is -1.62. The van der Waals surface area contributed by atoms with Gasteiger partial charge in [0.25, 0.3) is 0 Å². The zero-order valence-electron chi connectivity index (χ0n) is 14.3. The second kappa shape index (κ2) is 5.73.